The van der Waals surface area contributed by atoms with E-state index in [1.54, 1.807) is 12.1 Å². The molecule has 2 N–H and O–H groups in total. The van der Waals surface area contributed by atoms with E-state index in [4.69, 9.17) is 0 Å². The number of carbonyl (C=O) groups excluding carboxylic acids is 2. The number of nitrogens with one attached hydrogen (secondary N) is 2. The molecule has 0 radical (unpaired) electrons. The van der Waals surface area contributed by atoms with Crippen molar-refractivity contribution >= 4 is 17.5 Å². The van der Waals surface area contributed by atoms with Crippen LogP contribution in [0.1, 0.15) is 19.4 Å². The number of benzene rings is 1. The topological polar surface area (TPSA) is 61.4 Å². The highest BCUT2D eigenvalue weighted by atomic mass is 16.2. The van der Waals surface area contributed by atoms with Crippen molar-refractivity contribution in [3.63, 3.8) is 0 Å². The second kappa shape index (κ2) is 8.32. The SMILES string of the molecule is CCN(CC)CCNC(=O)C(=O)Nc1ccc(C)cc1. The molecule has 5 heteroatoms. The summed E-state index contributed by atoms with van der Waals surface area (Å²) < 4.78 is 0. The number of aryl methyl sites for hydroxylation is 1. The average molecular weight is 277 g/mol. The smallest absolute Gasteiger partial charge is 0.313 e. The Morgan fingerprint density at radius 3 is 2.20 bits per heavy atom. The molecule has 1 aromatic rings. The van der Waals surface area contributed by atoms with Crippen molar-refractivity contribution < 1.29 is 9.59 Å². The standard InChI is InChI=1S/C15H23N3O2/c1-4-18(5-2)11-10-16-14(19)15(20)17-13-8-6-12(3)7-9-13/h6-9H,4-5,10-11H2,1-3H3,(H,16,19)(H,17,20). The summed E-state index contributed by atoms with van der Waals surface area (Å²) in [6, 6.07) is 7.31. The zero-order chi connectivity index (χ0) is 15.0. The van der Waals surface area contributed by atoms with Crippen LogP contribution in [0.15, 0.2) is 24.3 Å². The number of nitrogens with zero attached hydrogens (tertiary/aromatic N) is 1. The fourth-order valence-electron chi connectivity index (χ4n) is 1.77. The molecule has 0 atom stereocenters. The van der Waals surface area contributed by atoms with E-state index in [0.29, 0.717) is 12.2 Å². The minimum atomic E-state index is -0.631. The summed E-state index contributed by atoms with van der Waals surface area (Å²) in [5.41, 5.74) is 1.73. The van der Waals surface area contributed by atoms with Crippen molar-refractivity contribution in [3.05, 3.63) is 29.8 Å². The molecule has 0 heterocycles. The third-order valence-electron chi connectivity index (χ3n) is 3.12. The number of rotatable bonds is 6. The van der Waals surface area contributed by atoms with Crippen LogP contribution in [-0.4, -0.2) is 42.9 Å². The fourth-order valence-corrected chi connectivity index (χ4v) is 1.77. The van der Waals surface area contributed by atoms with Crippen LogP contribution in [0.4, 0.5) is 5.69 Å². The molecule has 0 saturated heterocycles. The van der Waals surface area contributed by atoms with Gasteiger partial charge in [-0.2, -0.15) is 0 Å². The molecule has 5 nitrogen and oxygen atoms in total. The minimum absolute atomic E-state index is 0.474. The summed E-state index contributed by atoms with van der Waals surface area (Å²) in [5.74, 6) is -1.23. The lowest BCUT2D eigenvalue weighted by molar-refractivity contribution is -0.136. The van der Waals surface area contributed by atoms with Gasteiger partial charge in [-0.25, -0.2) is 0 Å². The van der Waals surface area contributed by atoms with Gasteiger partial charge in [0.15, 0.2) is 0 Å². The summed E-state index contributed by atoms with van der Waals surface area (Å²) in [4.78, 5) is 25.5. The Kier molecular flexibility index (Phi) is 6.73. The first-order valence-electron chi connectivity index (χ1n) is 6.95. The molecule has 1 aromatic carbocycles. The number of hydrogen-bond donors (Lipinski definition) is 2. The van der Waals surface area contributed by atoms with Crippen LogP contribution >= 0.6 is 0 Å². The lowest BCUT2D eigenvalue weighted by Crippen LogP contribution is -2.40. The number of likely N-dealkylation sites (N-methyl/N-ethyl adjacent to an activating group) is 1. The molecular weight excluding hydrogens is 254 g/mol. The van der Waals surface area contributed by atoms with E-state index < -0.39 is 11.8 Å². The number of carbonyl (C=O) groups is 2. The molecule has 20 heavy (non-hydrogen) atoms. The second-order valence-electron chi connectivity index (χ2n) is 4.60. The highest BCUT2D eigenvalue weighted by Crippen LogP contribution is 2.08. The molecule has 0 aromatic heterocycles. The van der Waals surface area contributed by atoms with Crippen LogP contribution in [0.2, 0.25) is 0 Å². The number of hydrogen-bond acceptors (Lipinski definition) is 3. The fraction of sp³-hybridized carbons (Fsp3) is 0.467. The van der Waals surface area contributed by atoms with Crippen LogP contribution in [0.3, 0.4) is 0 Å². The Bertz CT molecular complexity index is 439. The first kappa shape index (κ1) is 16.2. The Morgan fingerprint density at radius 1 is 1.05 bits per heavy atom. The van der Waals surface area contributed by atoms with Gasteiger partial charge in [-0.1, -0.05) is 31.5 Å². The minimum Gasteiger partial charge on any atom is -0.347 e. The van der Waals surface area contributed by atoms with Crippen molar-refractivity contribution in [2.45, 2.75) is 20.8 Å². The summed E-state index contributed by atoms with van der Waals surface area (Å²) in [5, 5.41) is 5.19. The zero-order valence-corrected chi connectivity index (χ0v) is 12.4. The third kappa shape index (κ3) is 5.40. The van der Waals surface area contributed by atoms with Crippen LogP contribution < -0.4 is 10.6 Å². The molecule has 0 aliphatic heterocycles. The van der Waals surface area contributed by atoms with Crippen molar-refractivity contribution in [2.24, 2.45) is 0 Å². The van der Waals surface area contributed by atoms with E-state index in [1.807, 2.05) is 19.1 Å². The van der Waals surface area contributed by atoms with Gasteiger partial charge in [0.1, 0.15) is 0 Å². The van der Waals surface area contributed by atoms with Crippen molar-refractivity contribution in [1.82, 2.24) is 10.2 Å². The first-order valence-corrected chi connectivity index (χ1v) is 6.95. The Morgan fingerprint density at radius 2 is 1.65 bits per heavy atom. The van der Waals surface area contributed by atoms with E-state index in [1.165, 1.54) is 0 Å². The quantitative estimate of drug-likeness (QED) is 0.773. The highest BCUT2D eigenvalue weighted by Gasteiger charge is 2.13. The summed E-state index contributed by atoms with van der Waals surface area (Å²) >= 11 is 0. The van der Waals surface area contributed by atoms with Crippen LogP contribution in [0, 0.1) is 6.92 Å². The molecule has 0 saturated carbocycles. The predicted octanol–water partition coefficient (Wildman–Crippen LogP) is 1.39. The van der Waals surface area contributed by atoms with Crippen LogP contribution in [0.5, 0.6) is 0 Å². The van der Waals surface area contributed by atoms with E-state index in [0.717, 1.165) is 25.2 Å². The molecular formula is C15H23N3O2. The Hall–Kier alpha value is -1.88. The maximum Gasteiger partial charge on any atom is 0.313 e. The molecule has 2 amide bonds. The van der Waals surface area contributed by atoms with Gasteiger partial charge in [0.2, 0.25) is 0 Å². The molecule has 110 valence electrons. The molecule has 0 aliphatic carbocycles. The van der Waals surface area contributed by atoms with Gasteiger partial charge in [0.05, 0.1) is 0 Å². The van der Waals surface area contributed by atoms with E-state index >= 15 is 0 Å². The highest BCUT2D eigenvalue weighted by molar-refractivity contribution is 6.39. The Balaban J connectivity index is 2.36. The van der Waals surface area contributed by atoms with E-state index in [-0.39, 0.29) is 0 Å². The van der Waals surface area contributed by atoms with Gasteiger partial charge >= 0.3 is 11.8 Å². The summed E-state index contributed by atoms with van der Waals surface area (Å²) in [6.45, 7) is 9.18. The number of anilines is 1. The van der Waals surface area contributed by atoms with Gasteiger partial charge in [-0.3, -0.25) is 9.59 Å². The molecule has 0 fully saturated rings. The van der Waals surface area contributed by atoms with Gasteiger partial charge in [0, 0.05) is 18.8 Å². The molecule has 0 spiro atoms. The van der Waals surface area contributed by atoms with Gasteiger partial charge in [-0.05, 0) is 32.1 Å². The van der Waals surface area contributed by atoms with Crippen molar-refractivity contribution in [2.75, 3.05) is 31.5 Å². The monoisotopic (exact) mass is 277 g/mol. The normalized spacial score (nSPS) is 10.4. The van der Waals surface area contributed by atoms with Crippen molar-refractivity contribution in [3.8, 4) is 0 Å². The van der Waals surface area contributed by atoms with Crippen LogP contribution in [-0.2, 0) is 9.59 Å². The summed E-state index contributed by atoms with van der Waals surface area (Å²) in [6.07, 6.45) is 0. The van der Waals surface area contributed by atoms with Gasteiger partial charge in [-0.15, -0.1) is 0 Å². The molecule has 0 aliphatic rings. The lowest BCUT2D eigenvalue weighted by atomic mass is 10.2. The third-order valence-corrected chi connectivity index (χ3v) is 3.12. The molecule has 0 bridgehead atoms. The second-order valence-corrected chi connectivity index (χ2v) is 4.60. The van der Waals surface area contributed by atoms with Gasteiger partial charge < -0.3 is 15.5 Å². The van der Waals surface area contributed by atoms with Crippen molar-refractivity contribution in [1.29, 1.82) is 0 Å². The average Bonchev–Trinajstić information content (AvgIpc) is 2.45. The number of amides is 2. The Labute approximate surface area is 120 Å². The molecule has 1 rings (SSSR count). The first-order chi connectivity index (χ1) is 9.56. The largest absolute Gasteiger partial charge is 0.347 e. The maximum absolute atomic E-state index is 11.7. The van der Waals surface area contributed by atoms with E-state index in [9.17, 15) is 9.59 Å². The van der Waals surface area contributed by atoms with Gasteiger partial charge in [0.25, 0.3) is 0 Å². The van der Waals surface area contributed by atoms with Crippen LogP contribution in [0.25, 0.3) is 0 Å². The summed E-state index contributed by atoms with van der Waals surface area (Å²) in [7, 11) is 0. The maximum atomic E-state index is 11.7. The van der Waals surface area contributed by atoms with E-state index in [2.05, 4.69) is 29.4 Å². The zero-order valence-electron chi connectivity index (χ0n) is 12.4. The molecule has 0 unspecified atom stereocenters. The lowest BCUT2D eigenvalue weighted by Gasteiger charge is -2.17. The predicted molar refractivity (Wildman–Crippen MR) is 80.6 cm³/mol.